The first kappa shape index (κ1) is 29.9. The zero-order valence-corrected chi connectivity index (χ0v) is 24.8. The number of halogens is 1. The molecule has 7 rings (SSSR count). The summed E-state index contributed by atoms with van der Waals surface area (Å²) in [6, 6.07) is 1.51. The van der Waals surface area contributed by atoms with E-state index in [4.69, 9.17) is 39.0 Å². The third kappa shape index (κ3) is 5.17. The molecule has 0 radical (unpaired) electrons. The van der Waals surface area contributed by atoms with Crippen LogP contribution in [0.1, 0.15) is 12.5 Å². The van der Waals surface area contributed by atoms with E-state index in [0.717, 1.165) is 0 Å². The normalized spacial score (nSPS) is 38.3. The van der Waals surface area contributed by atoms with E-state index < -0.39 is 77.0 Å². The number of phosphoric ester groups is 1. The van der Waals surface area contributed by atoms with Crippen LogP contribution in [0.3, 0.4) is 0 Å². The fraction of sp³-hybridized carbons (Fsp3) is 0.476. The van der Waals surface area contributed by atoms with Crippen LogP contribution in [0.15, 0.2) is 31.2 Å². The van der Waals surface area contributed by atoms with Gasteiger partial charge in [0.05, 0.1) is 31.6 Å². The molecular weight excluding hydrogens is 651 g/mol. The van der Waals surface area contributed by atoms with Crippen molar-refractivity contribution in [3.8, 4) is 0 Å². The minimum atomic E-state index is -5.05. The number of nitrogens with two attached hydrogens (primary N) is 2. The molecule has 3 unspecified atom stereocenters. The molecule has 4 aromatic rings. The van der Waals surface area contributed by atoms with Crippen LogP contribution in [-0.2, 0) is 36.7 Å². The minimum absolute atomic E-state index is 0.0619. The van der Waals surface area contributed by atoms with Gasteiger partial charge in [-0.3, -0.25) is 27.2 Å². The summed E-state index contributed by atoms with van der Waals surface area (Å²) < 4.78 is 78.1. The van der Waals surface area contributed by atoms with E-state index in [2.05, 4.69) is 37.2 Å². The van der Waals surface area contributed by atoms with Gasteiger partial charge in [-0.15, -0.1) is 0 Å². The number of nitrogens with zero attached hydrogens (tertiary/aromatic N) is 7. The second-order valence-electron chi connectivity index (χ2n) is 10.0. The Balaban J connectivity index is 1.20. The summed E-state index contributed by atoms with van der Waals surface area (Å²) in [4.78, 5) is 31.0. The highest BCUT2D eigenvalue weighted by atomic mass is 32.7. The van der Waals surface area contributed by atoms with Crippen molar-refractivity contribution in [3.05, 3.63) is 31.2 Å². The van der Waals surface area contributed by atoms with Gasteiger partial charge in [0.1, 0.15) is 47.9 Å². The number of imidazole rings is 2. The lowest BCUT2D eigenvalue weighted by molar-refractivity contribution is -0.0619. The Morgan fingerprint density at radius 1 is 0.909 bits per heavy atom. The molecule has 0 aromatic carbocycles. The molecule has 23 heteroatoms. The van der Waals surface area contributed by atoms with Crippen molar-refractivity contribution in [2.24, 2.45) is 0 Å². The predicted octanol–water partition coefficient (Wildman–Crippen LogP) is 0.885. The average Bonchev–Trinajstić information content (AvgIpc) is 3.73. The van der Waals surface area contributed by atoms with E-state index in [1.54, 1.807) is 0 Å². The predicted molar refractivity (Wildman–Crippen MR) is 148 cm³/mol. The number of aliphatic hydroxyl groups excluding tert-OH is 1. The first-order valence-electron chi connectivity index (χ1n) is 12.9. The molecule has 236 valence electrons. The summed E-state index contributed by atoms with van der Waals surface area (Å²) >= 11 is 4.04. The standard InChI is InChI=1S/C21H24FN9O10P2S/c22-11-15-10(39-20(11)30-6-28-12-8(23)1-2-25-18(12)30)4-37-43(35,44)41-16-14(32)9(3-36-42(33,34)40-15)38-21(16)31-7-29-13-17(24)26-5-27-19(13)31/h1-2,5-7,9-11,14-16,20-21,32H,3-4H2,(H2,23,25)(H,33,34)(H,35,44)(H2,24,26,27)/t9-,10-,11+,14+,15?,16?,20-,21-,43-/m1/s1. The summed E-state index contributed by atoms with van der Waals surface area (Å²) in [6.45, 7) is -5.82. The molecule has 4 aromatic heterocycles. The number of ether oxygens (including phenoxy) is 2. The molecule has 6 N–H and O–H groups in total. The zero-order chi connectivity index (χ0) is 31.0. The van der Waals surface area contributed by atoms with Gasteiger partial charge in [0.25, 0.3) is 0 Å². The van der Waals surface area contributed by atoms with Gasteiger partial charge in [-0.1, -0.05) is 12.2 Å². The smallest absolute Gasteiger partial charge is 0.397 e. The van der Waals surface area contributed by atoms with Crippen LogP contribution < -0.4 is 11.5 Å². The van der Waals surface area contributed by atoms with Crippen LogP contribution >= 0.6 is 26.9 Å². The summed E-state index contributed by atoms with van der Waals surface area (Å²) in [5.41, 5.74) is 12.9. The molecule has 19 nitrogen and oxygen atoms in total. The largest absolute Gasteiger partial charge is 0.472 e. The summed E-state index contributed by atoms with van der Waals surface area (Å²) in [6.07, 6.45) is -7.40. The quantitative estimate of drug-likeness (QED) is 0.146. The number of aliphatic hydroxyl groups is 1. The van der Waals surface area contributed by atoms with Crippen molar-refractivity contribution in [3.63, 3.8) is 0 Å². The van der Waals surface area contributed by atoms with Gasteiger partial charge in [0, 0.05) is 6.20 Å². The monoisotopic (exact) mass is 675 g/mol. The number of pyridine rings is 1. The van der Waals surface area contributed by atoms with Crippen molar-refractivity contribution < 1.29 is 51.1 Å². The maximum Gasteiger partial charge on any atom is 0.472 e. The molecule has 0 saturated carbocycles. The van der Waals surface area contributed by atoms with E-state index in [1.165, 1.54) is 40.4 Å². The number of thiol groups is 1. The van der Waals surface area contributed by atoms with E-state index >= 15 is 4.39 Å². The van der Waals surface area contributed by atoms with Gasteiger partial charge in [-0.05, 0) is 6.07 Å². The van der Waals surface area contributed by atoms with Gasteiger partial charge in [0.15, 0.2) is 35.7 Å². The van der Waals surface area contributed by atoms with Crippen molar-refractivity contribution in [1.29, 1.82) is 0 Å². The maximum atomic E-state index is 15.9. The SMILES string of the molecule is Nc1ncnc2c1ncn2[C@@H]1O[C@@H]2COP(=O)(O)OC3[C@@H](CO[P@@](=O)(S)OC1[C@H]2O)O[C@@H](n1cnc2c(N)ccnc21)[C@H]3F. The molecule has 3 aliphatic rings. The number of nitrogen functional groups attached to an aromatic ring is 2. The Bertz CT molecular complexity index is 1830. The average molecular weight is 675 g/mol. The minimum Gasteiger partial charge on any atom is -0.397 e. The molecule has 10 atom stereocenters. The number of alkyl halides is 1. The number of phosphoric acid groups is 1. The lowest BCUT2D eigenvalue weighted by Crippen LogP contribution is -2.35. The summed E-state index contributed by atoms with van der Waals surface area (Å²) in [5, 5.41) is 11.1. The van der Waals surface area contributed by atoms with Gasteiger partial charge >= 0.3 is 14.6 Å². The molecule has 0 amide bonds. The molecule has 3 fully saturated rings. The van der Waals surface area contributed by atoms with E-state index in [-0.39, 0.29) is 33.8 Å². The lowest BCUT2D eigenvalue weighted by atomic mass is 10.1. The van der Waals surface area contributed by atoms with E-state index in [9.17, 15) is 19.1 Å². The van der Waals surface area contributed by atoms with Crippen molar-refractivity contribution >= 4 is 60.7 Å². The first-order valence-corrected chi connectivity index (χ1v) is 17.1. The number of aromatic nitrogens is 7. The van der Waals surface area contributed by atoms with Crippen LogP contribution in [0.25, 0.3) is 22.3 Å². The Kier molecular flexibility index (Phi) is 7.41. The molecule has 0 aliphatic carbocycles. The molecule has 3 saturated heterocycles. The zero-order valence-electron chi connectivity index (χ0n) is 22.1. The van der Waals surface area contributed by atoms with Gasteiger partial charge in [-0.2, -0.15) is 0 Å². The van der Waals surface area contributed by atoms with Crippen LogP contribution in [0.5, 0.6) is 0 Å². The summed E-state index contributed by atoms with van der Waals surface area (Å²) in [7, 11) is -5.05. The Labute approximate surface area is 250 Å². The highest BCUT2D eigenvalue weighted by Gasteiger charge is 2.54. The number of anilines is 2. The van der Waals surface area contributed by atoms with Gasteiger partial charge in [0.2, 0.25) is 0 Å². The Morgan fingerprint density at radius 2 is 1.59 bits per heavy atom. The lowest BCUT2D eigenvalue weighted by Gasteiger charge is -2.26. The van der Waals surface area contributed by atoms with Crippen molar-refractivity contribution in [2.75, 3.05) is 24.7 Å². The van der Waals surface area contributed by atoms with Gasteiger partial charge < -0.3 is 30.9 Å². The molecular formula is C21H24FN9O10P2S. The van der Waals surface area contributed by atoms with Crippen LogP contribution in [0, 0.1) is 0 Å². The maximum absolute atomic E-state index is 15.9. The summed E-state index contributed by atoms with van der Waals surface area (Å²) in [5.74, 6) is 0.0619. The Hall–Kier alpha value is -2.81. The number of rotatable bonds is 2. The fourth-order valence-electron chi connectivity index (χ4n) is 5.27. The molecule has 44 heavy (non-hydrogen) atoms. The first-order chi connectivity index (χ1) is 20.9. The second-order valence-corrected chi connectivity index (χ2v) is 14.3. The number of fused-ring (bicyclic) bond motifs is 5. The fourth-order valence-corrected chi connectivity index (χ4v) is 7.69. The van der Waals surface area contributed by atoms with Crippen LogP contribution in [0.2, 0.25) is 0 Å². The molecule has 7 heterocycles. The second kappa shape index (κ2) is 10.9. The molecule has 0 spiro atoms. The van der Waals surface area contributed by atoms with Crippen LogP contribution in [-0.4, -0.2) is 94.0 Å². The topological polar surface area (TPSA) is 256 Å². The number of hydrogen-bond donors (Lipinski definition) is 5. The van der Waals surface area contributed by atoms with Crippen LogP contribution in [0.4, 0.5) is 15.9 Å². The highest BCUT2D eigenvalue weighted by Crippen LogP contribution is 2.58. The van der Waals surface area contributed by atoms with E-state index in [1.807, 2.05) is 0 Å². The van der Waals surface area contributed by atoms with E-state index in [0.29, 0.717) is 0 Å². The Morgan fingerprint density at radius 3 is 2.39 bits per heavy atom. The van der Waals surface area contributed by atoms with Crippen molar-refractivity contribution in [1.82, 2.24) is 34.1 Å². The molecule has 3 aliphatic heterocycles. The van der Waals surface area contributed by atoms with Crippen molar-refractivity contribution in [2.45, 2.75) is 49.1 Å². The number of hydrogen-bond acceptors (Lipinski definition) is 16. The molecule has 2 bridgehead atoms. The third-order valence-electron chi connectivity index (χ3n) is 7.32. The van der Waals surface area contributed by atoms with Gasteiger partial charge in [-0.25, -0.2) is 38.4 Å². The third-order valence-corrected chi connectivity index (χ3v) is 9.92. The highest BCUT2D eigenvalue weighted by molar-refractivity contribution is 8.44.